The van der Waals surface area contributed by atoms with Gasteiger partial charge in [0.05, 0.1) is 6.20 Å². The summed E-state index contributed by atoms with van der Waals surface area (Å²) in [5.74, 6) is -1.10. The van der Waals surface area contributed by atoms with Crippen molar-refractivity contribution in [2.45, 2.75) is 0 Å². The lowest BCUT2D eigenvalue weighted by atomic mass is 10.4. The maximum Gasteiger partial charge on any atom is 0.356 e. The van der Waals surface area contributed by atoms with E-state index in [2.05, 4.69) is 30.9 Å². The van der Waals surface area contributed by atoms with Gasteiger partial charge in [0.15, 0.2) is 11.3 Å². The highest BCUT2D eigenvalue weighted by Gasteiger charge is 2.07. The van der Waals surface area contributed by atoms with Crippen molar-refractivity contribution in [1.82, 2.24) is 15.0 Å². The molecule has 0 atom stereocenters. The first-order valence-electron chi connectivity index (χ1n) is 3.68. The molecule has 6 heteroatoms. The van der Waals surface area contributed by atoms with Crippen LogP contribution in [0.5, 0.6) is 0 Å². The van der Waals surface area contributed by atoms with Crippen molar-refractivity contribution in [3.05, 3.63) is 28.6 Å². The Balaban J connectivity index is 2.69. The van der Waals surface area contributed by atoms with Gasteiger partial charge in [-0.25, -0.2) is 19.7 Å². The maximum atomic E-state index is 10.6. The van der Waals surface area contributed by atoms with Crippen LogP contribution in [0.15, 0.2) is 22.9 Å². The molecule has 0 spiro atoms. The van der Waals surface area contributed by atoms with Crippen LogP contribution in [0.2, 0.25) is 0 Å². The van der Waals surface area contributed by atoms with Crippen LogP contribution in [0.25, 0.3) is 11.2 Å². The summed E-state index contributed by atoms with van der Waals surface area (Å²) < 4.78 is 0.738. The van der Waals surface area contributed by atoms with E-state index in [1.165, 1.54) is 6.20 Å². The molecule has 0 aliphatic rings. The minimum Gasteiger partial charge on any atom is -0.476 e. The van der Waals surface area contributed by atoms with Crippen LogP contribution >= 0.6 is 15.9 Å². The third-order valence-corrected chi connectivity index (χ3v) is 2.02. The quantitative estimate of drug-likeness (QED) is 0.834. The minimum absolute atomic E-state index is 0.0857. The third-order valence-electron chi connectivity index (χ3n) is 1.58. The van der Waals surface area contributed by atoms with Gasteiger partial charge < -0.3 is 5.11 Å². The monoisotopic (exact) mass is 253 g/mol. The van der Waals surface area contributed by atoms with E-state index < -0.39 is 5.97 Å². The molecule has 2 aromatic heterocycles. The molecule has 0 unspecified atom stereocenters. The molecule has 14 heavy (non-hydrogen) atoms. The lowest BCUT2D eigenvalue weighted by Crippen LogP contribution is -2.01. The molecule has 0 radical (unpaired) electrons. The summed E-state index contributed by atoms with van der Waals surface area (Å²) >= 11 is 3.22. The molecule has 1 N–H and O–H groups in total. The van der Waals surface area contributed by atoms with E-state index in [1.54, 1.807) is 12.3 Å². The molecule has 0 aliphatic heterocycles. The van der Waals surface area contributed by atoms with E-state index in [4.69, 9.17) is 5.11 Å². The lowest BCUT2D eigenvalue weighted by Gasteiger charge is -1.97. The summed E-state index contributed by atoms with van der Waals surface area (Å²) in [5, 5.41) is 8.68. The van der Waals surface area contributed by atoms with Crippen LogP contribution in [0.4, 0.5) is 0 Å². The van der Waals surface area contributed by atoms with Crippen molar-refractivity contribution >= 4 is 33.1 Å². The van der Waals surface area contributed by atoms with E-state index in [0.29, 0.717) is 11.2 Å². The standard InChI is InChI=1S/C8H4BrN3O2/c9-4-1-5-7(10-2-4)11-3-6(12-5)8(13)14/h1-3H,(H,13,14). The van der Waals surface area contributed by atoms with Crippen LogP contribution in [0.3, 0.4) is 0 Å². The molecular formula is C8H4BrN3O2. The SMILES string of the molecule is O=C(O)c1cnc2ncc(Br)cc2n1. The zero-order valence-electron chi connectivity index (χ0n) is 6.81. The molecule has 2 heterocycles. The molecule has 5 nitrogen and oxygen atoms in total. The average Bonchev–Trinajstić information content (AvgIpc) is 2.16. The molecule has 0 saturated heterocycles. The summed E-state index contributed by atoms with van der Waals surface area (Å²) in [7, 11) is 0. The molecule has 0 aromatic carbocycles. The summed E-state index contributed by atoms with van der Waals surface area (Å²) in [6.07, 6.45) is 2.77. The number of nitrogens with zero attached hydrogens (tertiary/aromatic N) is 3. The Hall–Kier alpha value is -1.56. The fraction of sp³-hybridized carbons (Fsp3) is 0. The maximum absolute atomic E-state index is 10.6. The van der Waals surface area contributed by atoms with Crippen molar-refractivity contribution in [3.63, 3.8) is 0 Å². The van der Waals surface area contributed by atoms with Crippen LogP contribution in [0, 0.1) is 0 Å². The predicted octanol–water partition coefficient (Wildman–Crippen LogP) is 1.49. The number of carboxylic acids is 1. The molecule has 0 saturated carbocycles. The second kappa shape index (κ2) is 3.30. The summed E-state index contributed by atoms with van der Waals surface area (Å²) in [6.45, 7) is 0. The smallest absolute Gasteiger partial charge is 0.356 e. The van der Waals surface area contributed by atoms with Crippen molar-refractivity contribution in [2.24, 2.45) is 0 Å². The topological polar surface area (TPSA) is 76.0 Å². The third kappa shape index (κ3) is 1.56. The predicted molar refractivity (Wildman–Crippen MR) is 52.0 cm³/mol. The fourth-order valence-corrected chi connectivity index (χ4v) is 1.31. The van der Waals surface area contributed by atoms with Gasteiger partial charge >= 0.3 is 5.97 Å². The van der Waals surface area contributed by atoms with Gasteiger partial charge in [-0.1, -0.05) is 0 Å². The summed E-state index contributed by atoms with van der Waals surface area (Å²) in [6, 6.07) is 1.67. The second-order valence-corrected chi connectivity index (χ2v) is 3.47. The van der Waals surface area contributed by atoms with E-state index in [9.17, 15) is 4.79 Å². The van der Waals surface area contributed by atoms with E-state index in [0.717, 1.165) is 4.47 Å². The van der Waals surface area contributed by atoms with Gasteiger partial charge in [-0.15, -0.1) is 0 Å². The Morgan fingerprint density at radius 3 is 2.79 bits per heavy atom. The highest BCUT2D eigenvalue weighted by Crippen LogP contribution is 2.13. The Morgan fingerprint density at radius 1 is 1.36 bits per heavy atom. The van der Waals surface area contributed by atoms with Crippen LogP contribution in [-0.2, 0) is 0 Å². The Kier molecular flexibility index (Phi) is 2.12. The molecule has 2 rings (SSSR count). The number of hydrogen-bond acceptors (Lipinski definition) is 4. The Morgan fingerprint density at radius 2 is 2.07 bits per heavy atom. The Labute approximate surface area is 87.0 Å². The lowest BCUT2D eigenvalue weighted by molar-refractivity contribution is 0.0690. The van der Waals surface area contributed by atoms with Gasteiger partial charge in [0, 0.05) is 10.7 Å². The van der Waals surface area contributed by atoms with Gasteiger partial charge in [0.1, 0.15) is 5.52 Å². The van der Waals surface area contributed by atoms with Crippen LogP contribution < -0.4 is 0 Å². The van der Waals surface area contributed by atoms with Crippen LogP contribution in [0.1, 0.15) is 10.5 Å². The normalized spacial score (nSPS) is 10.4. The highest BCUT2D eigenvalue weighted by atomic mass is 79.9. The molecule has 0 amide bonds. The summed E-state index contributed by atoms with van der Waals surface area (Å²) in [4.78, 5) is 22.3. The largest absolute Gasteiger partial charge is 0.476 e. The van der Waals surface area contributed by atoms with Crippen molar-refractivity contribution in [3.8, 4) is 0 Å². The number of carboxylic acid groups (broad SMARTS) is 1. The van der Waals surface area contributed by atoms with Gasteiger partial charge in [0.25, 0.3) is 0 Å². The number of halogens is 1. The summed E-state index contributed by atoms with van der Waals surface area (Å²) in [5.41, 5.74) is 0.801. The minimum atomic E-state index is -1.10. The number of aromatic carboxylic acids is 1. The second-order valence-electron chi connectivity index (χ2n) is 2.56. The van der Waals surface area contributed by atoms with Gasteiger partial charge in [-0.2, -0.15) is 0 Å². The Bertz CT molecular complexity index is 515. The molecule has 70 valence electrons. The molecule has 0 aliphatic carbocycles. The van der Waals surface area contributed by atoms with Gasteiger partial charge in [-0.3, -0.25) is 0 Å². The first kappa shape index (κ1) is 9.01. The molecule has 0 bridgehead atoms. The van der Waals surface area contributed by atoms with E-state index in [1.807, 2.05) is 0 Å². The van der Waals surface area contributed by atoms with Crippen molar-refractivity contribution in [2.75, 3.05) is 0 Å². The number of rotatable bonds is 1. The highest BCUT2D eigenvalue weighted by molar-refractivity contribution is 9.10. The zero-order valence-corrected chi connectivity index (χ0v) is 8.39. The molecular weight excluding hydrogens is 250 g/mol. The number of aromatic nitrogens is 3. The number of carbonyl (C=O) groups is 1. The first-order valence-corrected chi connectivity index (χ1v) is 4.48. The van der Waals surface area contributed by atoms with Gasteiger partial charge in [0.2, 0.25) is 0 Å². The van der Waals surface area contributed by atoms with Crippen molar-refractivity contribution in [1.29, 1.82) is 0 Å². The first-order chi connectivity index (χ1) is 6.66. The average molecular weight is 254 g/mol. The zero-order chi connectivity index (χ0) is 10.1. The molecule has 0 fully saturated rings. The number of fused-ring (bicyclic) bond motifs is 1. The number of hydrogen-bond donors (Lipinski definition) is 1. The molecule has 2 aromatic rings. The fourth-order valence-electron chi connectivity index (χ4n) is 0.987. The van der Waals surface area contributed by atoms with E-state index in [-0.39, 0.29) is 5.69 Å². The van der Waals surface area contributed by atoms with Crippen LogP contribution in [-0.4, -0.2) is 26.0 Å². The van der Waals surface area contributed by atoms with E-state index >= 15 is 0 Å². The van der Waals surface area contributed by atoms with Crippen molar-refractivity contribution < 1.29 is 9.90 Å². The number of pyridine rings is 1. The van der Waals surface area contributed by atoms with Gasteiger partial charge in [-0.05, 0) is 22.0 Å².